The summed E-state index contributed by atoms with van der Waals surface area (Å²) in [5.74, 6) is -3.23. The summed E-state index contributed by atoms with van der Waals surface area (Å²) in [6.45, 7) is 1.48. The van der Waals surface area contributed by atoms with Gasteiger partial charge >= 0.3 is 41.5 Å². The zero-order chi connectivity index (χ0) is 44.8. The van der Waals surface area contributed by atoms with Gasteiger partial charge in [-0.1, -0.05) is 60.7 Å². The van der Waals surface area contributed by atoms with Crippen molar-refractivity contribution in [3.8, 4) is 0 Å². The first-order valence-corrected chi connectivity index (χ1v) is 21.8. The quantitative estimate of drug-likeness (QED) is 0.0524. The first-order chi connectivity index (χ1) is 31.1. The molecule has 8 aliphatic heterocycles. The van der Waals surface area contributed by atoms with Crippen molar-refractivity contribution in [3.05, 3.63) is 71.8 Å². The molecule has 1 N–H and O–H groups in total. The number of hydrogen-bond acceptors (Lipinski definition) is 19. The predicted octanol–water partition coefficient (Wildman–Crippen LogP) is -1.70. The molecule has 0 spiro atoms. The Morgan fingerprint density at radius 2 is 1.15 bits per heavy atom. The molecular weight excluding hydrogens is 867 g/mol. The summed E-state index contributed by atoms with van der Waals surface area (Å²) in [6.07, 6.45) is -1.14. The number of ketones is 1. The molecule has 8 fully saturated rings. The number of aliphatic hydroxyl groups excluding tert-OH is 1. The van der Waals surface area contributed by atoms with Gasteiger partial charge in [0.15, 0.2) is 11.9 Å². The largest absolute Gasteiger partial charge is 1.00 e. The Bertz CT molecular complexity index is 1890. The summed E-state index contributed by atoms with van der Waals surface area (Å²) in [5.41, 5.74) is 2.15. The summed E-state index contributed by atoms with van der Waals surface area (Å²) >= 11 is 0. The number of carbonyl (C=O) groups is 4. The molecule has 19 nitrogen and oxygen atoms in total. The van der Waals surface area contributed by atoms with Crippen LogP contribution in [0.25, 0.3) is 0 Å². The van der Waals surface area contributed by atoms with Crippen molar-refractivity contribution in [1.29, 1.82) is 0 Å². The molecule has 8 heterocycles. The standard InChI is InChI=1S/C22H28O8.C22H26O8.CH2O3.Na/c2*1-25-16(23)11-14-7-8-15-17(27-14)18-19-20(28-15)21(24)22(29-18,30-19)9-10-26-12-13-5-3-2-4-6-13;2-1-4-3;/h2-6,14-15,17-21,24H,7-12H2,1H3;2-6,14-15,17-20H,7-12H2,1H3;1,3H;/q;;;+1/p-1/t14-,15+,17+,18+,19+,20-,21+,22+;14-,15+,17+,18+,19+,20-,22+;;/m11../s1. The fraction of sp³-hybridized carbons (Fsp3) is 0.644. The van der Waals surface area contributed by atoms with Crippen molar-refractivity contribution < 1.29 is 121 Å². The number of hydrogen-bond donors (Lipinski definition) is 1. The van der Waals surface area contributed by atoms with E-state index >= 15 is 0 Å². The maximum Gasteiger partial charge on any atom is 1.00 e. The van der Waals surface area contributed by atoms with Crippen LogP contribution in [0.1, 0.15) is 62.5 Å². The Kier molecular flexibility index (Phi) is 17.2. The van der Waals surface area contributed by atoms with Gasteiger partial charge in [0.25, 0.3) is 6.47 Å². The topological polar surface area (TPSA) is 232 Å². The van der Waals surface area contributed by atoms with Crippen molar-refractivity contribution >= 4 is 24.2 Å². The van der Waals surface area contributed by atoms with Crippen molar-refractivity contribution in [2.75, 3.05) is 27.4 Å². The molecular formula is C45H55NaO19. The van der Waals surface area contributed by atoms with E-state index in [1.807, 2.05) is 60.7 Å². The van der Waals surface area contributed by atoms with Crippen molar-refractivity contribution in [2.24, 2.45) is 0 Å². The summed E-state index contributed by atoms with van der Waals surface area (Å²) < 4.78 is 70.2. The van der Waals surface area contributed by atoms with Crippen molar-refractivity contribution in [3.63, 3.8) is 0 Å². The van der Waals surface area contributed by atoms with Crippen LogP contribution >= 0.6 is 0 Å². The number of fused-ring (bicyclic) bond motifs is 6. The molecule has 20 heteroatoms. The Morgan fingerprint density at radius 1 is 0.677 bits per heavy atom. The third-order valence-electron chi connectivity index (χ3n) is 12.9. The van der Waals surface area contributed by atoms with E-state index in [4.69, 9.17) is 66.9 Å². The second-order valence-corrected chi connectivity index (χ2v) is 16.9. The van der Waals surface area contributed by atoms with Gasteiger partial charge in [-0.2, -0.15) is 0 Å². The van der Waals surface area contributed by atoms with E-state index in [-0.39, 0.29) is 122 Å². The number of methoxy groups -OCH3 is 2. The van der Waals surface area contributed by atoms with Crippen LogP contribution in [0.3, 0.4) is 0 Å². The van der Waals surface area contributed by atoms with Gasteiger partial charge in [0.05, 0.1) is 77.9 Å². The molecule has 15 atom stereocenters. The summed E-state index contributed by atoms with van der Waals surface area (Å²) in [4.78, 5) is 47.5. The van der Waals surface area contributed by atoms with Gasteiger partial charge in [-0.15, -0.1) is 0 Å². The Labute approximate surface area is 398 Å². The number of carbonyl (C=O) groups excluding carboxylic acids is 4. The number of esters is 2. The van der Waals surface area contributed by atoms with Gasteiger partial charge in [-0.05, 0) is 36.8 Å². The molecule has 65 heavy (non-hydrogen) atoms. The molecule has 0 aromatic heterocycles. The Hall–Kier alpha value is -2.96. The third-order valence-corrected chi connectivity index (χ3v) is 12.9. The monoisotopic (exact) mass is 922 g/mol. The minimum absolute atomic E-state index is 0. The SMILES string of the molecule is COC(=O)C[C@H]1CC[C@@H]2O[C@@H]3[C@H]4O[C@](CCOCc5ccccc5)(O[C@H]4[C@H]2O1)[C@H]3O.COC(=O)C[C@H]1CC[C@@H]2O[C@H]3C(=O)[C@@]4(CCOCc5ccccc5)O[C@@H]([C@H]2O1)[C@@H]3O4.O=CO[O-].[Na+]. The Morgan fingerprint density at radius 3 is 1.68 bits per heavy atom. The van der Waals surface area contributed by atoms with Crippen LogP contribution in [0.2, 0.25) is 0 Å². The van der Waals surface area contributed by atoms with E-state index in [1.165, 1.54) is 14.2 Å². The number of ether oxygens (including phenoxy) is 12. The van der Waals surface area contributed by atoms with Crippen LogP contribution < -0.4 is 34.8 Å². The van der Waals surface area contributed by atoms with Crippen LogP contribution in [0.5, 0.6) is 0 Å². The van der Waals surface area contributed by atoms with E-state index < -0.39 is 36.0 Å². The number of Topliss-reactive ketones (excluding diaryl/α,β-unsaturated/α-hetero) is 1. The average molecular weight is 923 g/mol. The fourth-order valence-electron chi connectivity index (χ4n) is 9.90. The maximum atomic E-state index is 13.0. The summed E-state index contributed by atoms with van der Waals surface area (Å²) in [5, 5.41) is 19.3. The van der Waals surface area contributed by atoms with Gasteiger partial charge in [0.1, 0.15) is 48.8 Å². The van der Waals surface area contributed by atoms with E-state index in [1.54, 1.807) is 0 Å². The van der Waals surface area contributed by atoms with E-state index in [9.17, 15) is 19.5 Å². The van der Waals surface area contributed by atoms with Gasteiger partial charge in [0, 0.05) is 12.8 Å². The average Bonchev–Trinajstić information content (AvgIpc) is 4.06. The van der Waals surface area contributed by atoms with Gasteiger partial charge in [-0.3, -0.25) is 19.2 Å². The molecule has 8 saturated heterocycles. The predicted molar refractivity (Wildman–Crippen MR) is 211 cm³/mol. The van der Waals surface area contributed by atoms with Crippen LogP contribution in [0, 0.1) is 0 Å². The molecule has 0 unspecified atom stereocenters. The number of rotatable bonds is 15. The van der Waals surface area contributed by atoms with Crippen LogP contribution in [0.4, 0.5) is 0 Å². The molecule has 8 aliphatic rings. The smallest absolute Gasteiger partial charge is 0.662 e. The zero-order valence-corrected chi connectivity index (χ0v) is 38.6. The van der Waals surface area contributed by atoms with Crippen molar-refractivity contribution in [1.82, 2.24) is 0 Å². The first kappa shape index (κ1) is 49.9. The van der Waals surface area contributed by atoms with Crippen molar-refractivity contribution in [2.45, 2.75) is 156 Å². The summed E-state index contributed by atoms with van der Waals surface area (Å²) in [6, 6.07) is 19.8. The molecule has 350 valence electrons. The summed E-state index contributed by atoms with van der Waals surface area (Å²) in [7, 11) is 2.74. The molecule has 0 radical (unpaired) electrons. The molecule has 0 aliphatic carbocycles. The van der Waals surface area contributed by atoms with Gasteiger partial charge < -0.3 is 72.1 Å². The molecule has 0 amide bonds. The van der Waals surface area contributed by atoms with Gasteiger partial charge in [0.2, 0.25) is 11.6 Å². The molecule has 2 aromatic rings. The molecule has 2 aromatic carbocycles. The second-order valence-electron chi connectivity index (χ2n) is 16.9. The maximum absolute atomic E-state index is 13.0. The normalized spacial score (nSPS) is 37.5. The Balaban J connectivity index is 0.000000177. The minimum atomic E-state index is -1.33. The number of aliphatic hydroxyl groups is 1. The van der Waals surface area contributed by atoms with E-state index in [0.717, 1.165) is 17.5 Å². The van der Waals surface area contributed by atoms with E-state index in [0.29, 0.717) is 58.5 Å². The number of benzene rings is 2. The molecule has 10 rings (SSSR count). The first-order valence-electron chi connectivity index (χ1n) is 21.8. The van der Waals surface area contributed by atoms with Crippen LogP contribution in [-0.4, -0.2) is 148 Å². The molecule has 4 bridgehead atoms. The fourth-order valence-corrected chi connectivity index (χ4v) is 9.90. The van der Waals surface area contributed by atoms with Crippen LogP contribution in [-0.2, 0) is 94.1 Å². The zero-order valence-electron chi connectivity index (χ0n) is 36.6. The van der Waals surface area contributed by atoms with Gasteiger partial charge in [-0.25, -0.2) is 0 Å². The molecule has 0 saturated carbocycles. The van der Waals surface area contributed by atoms with Crippen LogP contribution in [0.15, 0.2) is 60.7 Å². The second kappa shape index (κ2) is 22.4. The third kappa shape index (κ3) is 10.8. The minimum Gasteiger partial charge on any atom is -0.662 e. The van der Waals surface area contributed by atoms with E-state index in [2.05, 4.69) is 4.89 Å².